The summed E-state index contributed by atoms with van der Waals surface area (Å²) in [5, 5.41) is 3.42. The Morgan fingerprint density at radius 3 is 2.62 bits per heavy atom. The smallest absolute Gasteiger partial charge is 0.120 e. The van der Waals surface area contributed by atoms with Gasteiger partial charge in [-0.25, -0.2) is 0 Å². The topological polar surface area (TPSA) is 25.2 Å². The van der Waals surface area contributed by atoms with Crippen LogP contribution in [0.25, 0.3) is 0 Å². The summed E-state index contributed by atoms with van der Waals surface area (Å²) in [6.07, 6.45) is 1.71. The molecule has 0 aliphatic rings. The van der Waals surface area contributed by atoms with Crippen molar-refractivity contribution in [3.63, 3.8) is 0 Å². The third-order valence-corrected chi connectivity index (χ3v) is 3.21. The molecule has 0 amide bonds. The van der Waals surface area contributed by atoms with E-state index >= 15 is 0 Å². The van der Waals surface area contributed by atoms with Crippen LogP contribution in [0.15, 0.2) is 47.1 Å². The van der Waals surface area contributed by atoms with E-state index in [1.807, 2.05) is 12.1 Å². The zero-order valence-corrected chi connectivity index (χ0v) is 11.3. The van der Waals surface area contributed by atoms with Crippen LogP contribution in [-0.4, -0.2) is 0 Å². The highest BCUT2D eigenvalue weighted by Crippen LogP contribution is 2.13. The molecule has 2 aromatic rings. The molecular formula is C13H14INO. The van der Waals surface area contributed by atoms with Crippen LogP contribution in [-0.2, 0) is 6.54 Å². The van der Waals surface area contributed by atoms with Crippen molar-refractivity contribution in [2.75, 3.05) is 0 Å². The molecule has 0 aliphatic heterocycles. The Morgan fingerprint density at radius 2 is 2.00 bits per heavy atom. The molecule has 0 spiro atoms. The molecule has 0 radical (unpaired) electrons. The molecular weight excluding hydrogens is 313 g/mol. The van der Waals surface area contributed by atoms with Gasteiger partial charge in [0.05, 0.1) is 12.3 Å². The highest BCUT2D eigenvalue weighted by Gasteiger charge is 2.06. The van der Waals surface area contributed by atoms with Gasteiger partial charge in [0.25, 0.3) is 0 Å². The number of halogens is 1. The molecule has 0 saturated heterocycles. The number of nitrogens with one attached hydrogen (secondary N) is 1. The molecule has 0 fully saturated rings. The van der Waals surface area contributed by atoms with Crippen molar-refractivity contribution in [2.24, 2.45) is 0 Å². The Labute approximate surface area is 109 Å². The van der Waals surface area contributed by atoms with Gasteiger partial charge < -0.3 is 9.73 Å². The summed E-state index contributed by atoms with van der Waals surface area (Å²) in [4.78, 5) is 0. The lowest BCUT2D eigenvalue weighted by Gasteiger charge is -2.11. The standard InChI is InChI=1S/C13H14INO/c1-10(13-3-2-8-16-13)15-9-11-4-6-12(14)7-5-11/h2-8,10,15H,9H2,1H3/t10-/m1/s1. The SMILES string of the molecule is C[C@@H](NCc1ccc(I)cc1)c1ccco1. The normalized spacial score (nSPS) is 12.6. The molecule has 0 aliphatic carbocycles. The van der Waals surface area contributed by atoms with E-state index in [9.17, 15) is 0 Å². The second kappa shape index (κ2) is 5.50. The van der Waals surface area contributed by atoms with Crippen molar-refractivity contribution in [3.8, 4) is 0 Å². The van der Waals surface area contributed by atoms with Gasteiger partial charge in [0.1, 0.15) is 5.76 Å². The van der Waals surface area contributed by atoms with Crippen LogP contribution in [0, 0.1) is 3.57 Å². The van der Waals surface area contributed by atoms with Crippen molar-refractivity contribution >= 4 is 22.6 Å². The lowest BCUT2D eigenvalue weighted by molar-refractivity contribution is 0.430. The van der Waals surface area contributed by atoms with Gasteiger partial charge in [-0.3, -0.25) is 0 Å². The van der Waals surface area contributed by atoms with Gasteiger partial charge in [-0.05, 0) is 59.3 Å². The maximum absolute atomic E-state index is 5.34. The van der Waals surface area contributed by atoms with E-state index in [2.05, 4.69) is 59.1 Å². The minimum Gasteiger partial charge on any atom is -0.468 e. The molecule has 1 aromatic heterocycles. The summed E-state index contributed by atoms with van der Waals surface area (Å²) in [5.41, 5.74) is 1.29. The summed E-state index contributed by atoms with van der Waals surface area (Å²) in [7, 11) is 0. The Morgan fingerprint density at radius 1 is 1.25 bits per heavy atom. The Bertz CT molecular complexity index is 422. The fraction of sp³-hybridized carbons (Fsp3) is 0.231. The first-order valence-corrected chi connectivity index (χ1v) is 6.35. The Balaban J connectivity index is 1.90. The van der Waals surface area contributed by atoms with Gasteiger partial charge in [-0.15, -0.1) is 0 Å². The zero-order chi connectivity index (χ0) is 11.4. The Kier molecular flexibility index (Phi) is 4.01. The molecule has 1 heterocycles. The monoisotopic (exact) mass is 327 g/mol. The van der Waals surface area contributed by atoms with Gasteiger partial charge in [-0.2, -0.15) is 0 Å². The molecule has 1 N–H and O–H groups in total. The molecule has 2 rings (SSSR count). The van der Waals surface area contributed by atoms with Gasteiger partial charge in [0, 0.05) is 10.1 Å². The summed E-state index contributed by atoms with van der Waals surface area (Å²) in [6.45, 7) is 2.96. The van der Waals surface area contributed by atoms with E-state index in [1.165, 1.54) is 9.13 Å². The molecule has 0 bridgehead atoms. The van der Waals surface area contributed by atoms with Crippen LogP contribution in [0.1, 0.15) is 24.3 Å². The van der Waals surface area contributed by atoms with Crippen LogP contribution >= 0.6 is 22.6 Å². The predicted molar refractivity (Wildman–Crippen MR) is 73.1 cm³/mol. The fourth-order valence-electron chi connectivity index (χ4n) is 1.51. The maximum Gasteiger partial charge on any atom is 0.120 e. The molecule has 1 atom stereocenters. The van der Waals surface area contributed by atoms with Crippen molar-refractivity contribution in [2.45, 2.75) is 19.5 Å². The van der Waals surface area contributed by atoms with E-state index in [4.69, 9.17) is 4.42 Å². The predicted octanol–water partition coefficient (Wildman–Crippen LogP) is 3.74. The summed E-state index contributed by atoms with van der Waals surface area (Å²) < 4.78 is 6.60. The molecule has 84 valence electrons. The lowest BCUT2D eigenvalue weighted by atomic mass is 10.2. The van der Waals surface area contributed by atoms with E-state index in [-0.39, 0.29) is 6.04 Å². The van der Waals surface area contributed by atoms with Crippen LogP contribution in [0.4, 0.5) is 0 Å². The number of hydrogen-bond donors (Lipinski definition) is 1. The number of hydrogen-bond acceptors (Lipinski definition) is 2. The maximum atomic E-state index is 5.34. The van der Waals surface area contributed by atoms with Gasteiger partial charge >= 0.3 is 0 Å². The zero-order valence-electron chi connectivity index (χ0n) is 9.11. The summed E-state index contributed by atoms with van der Waals surface area (Å²) >= 11 is 2.31. The van der Waals surface area contributed by atoms with Crippen molar-refractivity contribution < 1.29 is 4.42 Å². The number of benzene rings is 1. The molecule has 1 aromatic carbocycles. The van der Waals surface area contributed by atoms with E-state index in [0.717, 1.165) is 12.3 Å². The second-order valence-electron chi connectivity index (χ2n) is 3.74. The quantitative estimate of drug-likeness (QED) is 0.866. The van der Waals surface area contributed by atoms with Crippen LogP contribution in [0.5, 0.6) is 0 Å². The van der Waals surface area contributed by atoms with E-state index in [0.29, 0.717) is 0 Å². The van der Waals surface area contributed by atoms with Crippen molar-refractivity contribution in [3.05, 3.63) is 57.6 Å². The second-order valence-corrected chi connectivity index (χ2v) is 4.99. The Hall–Kier alpha value is -0.810. The van der Waals surface area contributed by atoms with Crippen molar-refractivity contribution in [1.29, 1.82) is 0 Å². The third kappa shape index (κ3) is 3.09. The van der Waals surface area contributed by atoms with Gasteiger partial charge in [0.15, 0.2) is 0 Å². The molecule has 0 saturated carbocycles. The first kappa shape index (κ1) is 11.7. The van der Waals surface area contributed by atoms with Gasteiger partial charge in [-0.1, -0.05) is 12.1 Å². The highest BCUT2D eigenvalue weighted by atomic mass is 127. The average molecular weight is 327 g/mol. The van der Waals surface area contributed by atoms with Crippen LogP contribution in [0.2, 0.25) is 0 Å². The largest absolute Gasteiger partial charge is 0.468 e. The van der Waals surface area contributed by atoms with Crippen molar-refractivity contribution in [1.82, 2.24) is 5.32 Å². The molecule has 16 heavy (non-hydrogen) atoms. The lowest BCUT2D eigenvalue weighted by Crippen LogP contribution is -2.17. The summed E-state index contributed by atoms with van der Waals surface area (Å²) in [6, 6.07) is 12.7. The van der Waals surface area contributed by atoms with Crippen LogP contribution < -0.4 is 5.32 Å². The molecule has 3 heteroatoms. The summed E-state index contributed by atoms with van der Waals surface area (Å²) in [5.74, 6) is 0.977. The van der Waals surface area contributed by atoms with E-state index in [1.54, 1.807) is 6.26 Å². The number of rotatable bonds is 4. The molecule has 2 nitrogen and oxygen atoms in total. The highest BCUT2D eigenvalue weighted by molar-refractivity contribution is 14.1. The first-order valence-electron chi connectivity index (χ1n) is 5.27. The third-order valence-electron chi connectivity index (χ3n) is 2.50. The minimum atomic E-state index is 0.245. The van der Waals surface area contributed by atoms with E-state index < -0.39 is 0 Å². The average Bonchev–Trinajstić information content (AvgIpc) is 2.81. The fourth-order valence-corrected chi connectivity index (χ4v) is 1.87. The molecule has 0 unspecified atom stereocenters. The van der Waals surface area contributed by atoms with Crippen LogP contribution in [0.3, 0.4) is 0 Å². The first-order chi connectivity index (χ1) is 7.75. The number of furan rings is 1. The van der Waals surface area contributed by atoms with Gasteiger partial charge in [0.2, 0.25) is 0 Å². The minimum absolute atomic E-state index is 0.245.